The van der Waals surface area contributed by atoms with Crippen molar-refractivity contribution in [1.82, 2.24) is 9.55 Å². The molecule has 1 aromatic heterocycles. The van der Waals surface area contributed by atoms with E-state index in [-0.39, 0.29) is 18.1 Å². The molecule has 0 aliphatic rings. The van der Waals surface area contributed by atoms with Gasteiger partial charge in [0, 0.05) is 18.7 Å². The van der Waals surface area contributed by atoms with Crippen LogP contribution in [-0.2, 0) is 16.1 Å². The number of esters is 1. The number of aryl methyl sites for hydroxylation is 1. The van der Waals surface area contributed by atoms with Gasteiger partial charge in [0.15, 0.2) is 0 Å². The molecule has 0 unspecified atom stereocenters. The quantitative estimate of drug-likeness (QED) is 0.621. The van der Waals surface area contributed by atoms with Crippen LogP contribution in [-0.4, -0.2) is 22.6 Å². The fourth-order valence-electron chi connectivity index (χ4n) is 1.88. The first kappa shape index (κ1) is 12.2. The van der Waals surface area contributed by atoms with Crippen LogP contribution < -0.4 is 11.4 Å². The molecule has 1 heterocycles. The third-order valence-electron chi connectivity index (χ3n) is 2.79. The van der Waals surface area contributed by atoms with Crippen molar-refractivity contribution >= 4 is 22.7 Å². The zero-order chi connectivity index (χ0) is 13.1. The normalized spacial score (nSPS) is 10.7. The Labute approximate surface area is 103 Å². The van der Waals surface area contributed by atoms with Gasteiger partial charge in [-0.15, -0.1) is 0 Å². The molecule has 0 spiro atoms. The third-order valence-corrected chi connectivity index (χ3v) is 2.79. The van der Waals surface area contributed by atoms with Crippen molar-refractivity contribution in [3.05, 3.63) is 28.7 Å². The summed E-state index contributed by atoms with van der Waals surface area (Å²) in [6.45, 7) is 0.456. The predicted octanol–water partition coefficient (Wildman–Crippen LogP) is 0.865. The van der Waals surface area contributed by atoms with Gasteiger partial charge >= 0.3 is 11.7 Å². The lowest BCUT2D eigenvalue weighted by Gasteiger charge is -2.03. The number of nitrogens with two attached hydrogens (primary N) is 1. The van der Waals surface area contributed by atoms with Gasteiger partial charge in [0.25, 0.3) is 0 Å². The second-order valence-electron chi connectivity index (χ2n) is 4.04. The van der Waals surface area contributed by atoms with Crippen LogP contribution in [0.2, 0.25) is 0 Å². The first-order chi connectivity index (χ1) is 8.61. The Balaban J connectivity index is 2.22. The molecule has 0 radical (unpaired) electrons. The van der Waals surface area contributed by atoms with Crippen molar-refractivity contribution in [2.24, 2.45) is 0 Å². The van der Waals surface area contributed by atoms with Crippen LogP contribution in [0, 0.1) is 0 Å². The number of nitrogens with zero attached hydrogens (tertiary/aromatic N) is 1. The molecule has 0 atom stereocenters. The maximum atomic E-state index is 11.7. The van der Waals surface area contributed by atoms with Crippen LogP contribution in [0.1, 0.15) is 12.8 Å². The van der Waals surface area contributed by atoms with E-state index in [1.165, 1.54) is 7.11 Å². The molecule has 0 bridgehead atoms. The molecule has 3 N–H and O–H groups in total. The van der Waals surface area contributed by atoms with Crippen LogP contribution in [0.4, 0.5) is 5.69 Å². The first-order valence-corrected chi connectivity index (χ1v) is 5.66. The van der Waals surface area contributed by atoms with Gasteiger partial charge in [-0.25, -0.2) is 4.79 Å². The highest BCUT2D eigenvalue weighted by Gasteiger charge is 2.07. The Morgan fingerprint density at radius 1 is 1.50 bits per heavy atom. The lowest BCUT2D eigenvalue weighted by atomic mass is 10.2. The van der Waals surface area contributed by atoms with Gasteiger partial charge in [-0.2, -0.15) is 0 Å². The minimum absolute atomic E-state index is 0.194. The summed E-state index contributed by atoms with van der Waals surface area (Å²) < 4.78 is 6.13. The number of carbonyl (C=O) groups is 1. The molecule has 2 rings (SSSR count). The van der Waals surface area contributed by atoms with Gasteiger partial charge in [0.05, 0.1) is 18.1 Å². The SMILES string of the molecule is COC(=O)CCCn1c(=O)[nH]c2ccc(N)cc21. The number of fused-ring (bicyclic) bond motifs is 1. The number of carbonyl (C=O) groups excluding carboxylic acids is 1. The van der Waals surface area contributed by atoms with E-state index in [0.29, 0.717) is 18.7 Å². The highest BCUT2D eigenvalue weighted by Crippen LogP contribution is 2.14. The number of anilines is 1. The molecule has 18 heavy (non-hydrogen) atoms. The van der Waals surface area contributed by atoms with Gasteiger partial charge in [-0.05, 0) is 24.6 Å². The van der Waals surface area contributed by atoms with E-state index in [1.54, 1.807) is 22.8 Å². The number of methoxy groups -OCH3 is 1. The second-order valence-corrected chi connectivity index (χ2v) is 4.04. The Kier molecular flexibility index (Phi) is 3.36. The highest BCUT2D eigenvalue weighted by atomic mass is 16.5. The van der Waals surface area contributed by atoms with Gasteiger partial charge in [-0.3, -0.25) is 9.36 Å². The van der Waals surface area contributed by atoms with E-state index in [4.69, 9.17) is 5.73 Å². The first-order valence-electron chi connectivity index (χ1n) is 5.66. The van der Waals surface area contributed by atoms with Gasteiger partial charge < -0.3 is 15.5 Å². The minimum atomic E-state index is -0.276. The summed E-state index contributed by atoms with van der Waals surface area (Å²) in [6.07, 6.45) is 0.840. The van der Waals surface area contributed by atoms with Crippen molar-refractivity contribution < 1.29 is 9.53 Å². The highest BCUT2D eigenvalue weighted by molar-refractivity contribution is 5.78. The number of nitrogen functional groups attached to an aromatic ring is 1. The molecule has 0 fully saturated rings. The average Bonchev–Trinajstić information content (AvgIpc) is 2.65. The molecule has 6 heteroatoms. The van der Waals surface area contributed by atoms with E-state index in [0.717, 1.165) is 11.0 Å². The Bertz CT molecular complexity index is 627. The van der Waals surface area contributed by atoms with Crippen LogP contribution in [0.5, 0.6) is 0 Å². The van der Waals surface area contributed by atoms with Crippen LogP contribution in [0.15, 0.2) is 23.0 Å². The number of benzene rings is 1. The summed E-state index contributed by atoms with van der Waals surface area (Å²) >= 11 is 0. The number of aromatic nitrogens is 2. The van der Waals surface area contributed by atoms with Gasteiger partial charge in [-0.1, -0.05) is 0 Å². The Morgan fingerprint density at radius 3 is 3.00 bits per heavy atom. The molecule has 0 saturated heterocycles. The average molecular weight is 249 g/mol. The van der Waals surface area contributed by atoms with Crippen LogP contribution in [0.3, 0.4) is 0 Å². The van der Waals surface area contributed by atoms with Crippen molar-refractivity contribution in [1.29, 1.82) is 0 Å². The number of nitrogens with one attached hydrogen (secondary N) is 1. The number of aromatic amines is 1. The number of imidazole rings is 1. The molecular formula is C12H15N3O3. The van der Waals surface area contributed by atoms with E-state index in [1.807, 2.05) is 0 Å². The minimum Gasteiger partial charge on any atom is -0.469 e. The second kappa shape index (κ2) is 4.95. The van der Waals surface area contributed by atoms with Gasteiger partial charge in [0.1, 0.15) is 0 Å². The summed E-state index contributed by atoms with van der Waals surface area (Å²) in [6, 6.07) is 5.24. The molecule has 1 aromatic carbocycles. The molecular weight excluding hydrogens is 234 g/mol. The molecule has 0 aliphatic carbocycles. The lowest BCUT2D eigenvalue weighted by molar-refractivity contribution is -0.140. The maximum absolute atomic E-state index is 11.7. The van der Waals surface area contributed by atoms with E-state index in [2.05, 4.69) is 9.72 Å². The van der Waals surface area contributed by atoms with E-state index >= 15 is 0 Å². The standard InChI is InChI=1S/C12H15N3O3/c1-18-11(16)3-2-6-15-10-7-8(13)4-5-9(10)14-12(15)17/h4-5,7H,2-3,6,13H2,1H3,(H,14,17). The largest absolute Gasteiger partial charge is 0.469 e. The van der Waals surface area contributed by atoms with Crippen molar-refractivity contribution in [2.45, 2.75) is 19.4 Å². The molecule has 96 valence electrons. The van der Waals surface area contributed by atoms with E-state index < -0.39 is 0 Å². The van der Waals surface area contributed by atoms with Crippen LogP contribution in [0.25, 0.3) is 11.0 Å². The number of rotatable bonds is 4. The fraction of sp³-hybridized carbons (Fsp3) is 0.333. The maximum Gasteiger partial charge on any atom is 0.326 e. The summed E-state index contributed by atoms with van der Waals surface area (Å²) in [5, 5.41) is 0. The monoisotopic (exact) mass is 249 g/mol. The summed E-state index contributed by atoms with van der Waals surface area (Å²) in [5.74, 6) is -0.276. The number of hydrogen-bond acceptors (Lipinski definition) is 4. The summed E-state index contributed by atoms with van der Waals surface area (Å²) in [5.41, 5.74) is 7.60. The predicted molar refractivity (Wildman–Crippen MR) is 68.2 cm³/mol. The topological polar surface area (TPSA) is 90.1 Å². The molecule has 0 aliphatic heterocycles. The number of hydrogen-bond donors (Lipinski definition) is 2. The van der Waals surface area contributed by atoms with Crippen molar-refractivity contribution in [2.75, 3.05) is 12.8 Å². The van der Waals surface area contributed by atoms with Crippen molar-refractivity contribution in [3.63, 3.8) is 0 Å². The number of ether oxygens (including phenoxy) is 1. The van der Waals surface area contributed by atoms with E-state index in [9.17, 15) is 9.59 Å². The molecule has 2 aromatic rings. The zero-order valence-corrected chi connectivity index (χ0v) is 10.1. The Hall–Kier alpha value is -2.24. The molecule has 0 amide bonds. The molecule has 0 saturated carbocycles. The zero-order valence-electron chi connectivity index (χ0n) is 10.1. The fourth-order valence-corrected chi connectivity index (χ4v) is 1.88. The third kappa shape index (κ3) is 2.37. The van der Waals surface area contributed by atoms with Crippen molar-refractivity contribution in [3.8, 4) is 0 Å². The van der Waals surface area contributed by atoms with Crippen LogP contribution >= 0.6 is 0 Å². The summed E-state index contributed by atoms with van der Waals surface area (Å²) in [7, 11) is 1.35. The molecule has 6 nitrogen and oxygen atoms in total. The number of H-pyrrole nitrogens is 1. The smallest absolute Gasteiger partial charge is 0.326 e. The lowest BCUT2D eigenvalue weighted by Crippen LogP contribution is -2.17. The Morgan fingerprint density at radius 2 is 2.28 bits per heavy atom. The summed E-state index contributed by atoms with van der Waals surface area (Å²) in [4.78, 5) is 25.5. The van der Waals surface area contributed by atoms with Gasteiger partial charge in [0.2, 0.25) is 0 Å².